The second-order valence-corrected chi connectivity index (χ2v) is 5.93. The SMILES string of the molecule is Cc1ccn(-c2ccc(NCCNC(=O)COCc3ccccc3)nn2)n1. The number of aryl methyl sites for hydroxylation is 1. The van der Waals surface area contributed by atoms with Gasteiger partial charge in [-0.3, -0.25) is 4.79 Å². The summed E-state index contributed by atoms with van der Waals surface area (Å²) in [6, 6.07) is 15.3. The van der Waals surface area contributed by atoms with Crippen molar-refractivity contribution in [3.8, 4) is 5.82 Å². The van der Waals surface area contributed by atoms with Crippen LogP contribution < -0.4 is 10.6 Å². The fraction of sp³-hybridized carbons (Fsp3) is 0.263. The van der Waals surface area contributed by atoms with Crippen LogP contribution in [-0.4, -0.2) is 45.6 Å². The molecule has 8 heteroatoms. The molecule has 27 heavy (non-hydrogen) atoms. The van der Waals surface area contributed by atoms with Gasteiger partial charge in [0.15, 0.2) is 5.82 Å². The smallest absolute Gasteiger partial charge is 0.246 e. The van der Waals surface area contributed by atoms with E-state index in [1.807, 2.05) is 61.7 Å². The summed E-state index contributed by atoms with van der Waals surface area (Å²) in [5, 5.41) is 18.4. The molecule has 2 aromatic heterocycles. The van der Waals surface area contributed by atoms with E-state index in [-0.39, 0.29) is 12.5 Å². The third-order valence-corrected chi connectivity index (χ3v) is 3.71. The summed E-state index contributed by atoms with van der Waals surface area (Å²) in [6.45, 7) is 3.38. The first kappa shape index (κ1) is 18.5. The second-order valence-electron chi connectivity index (χ2n) is 5.93. The van der Waals surface area contributed by atoms with Crippen molar-refractivity contribution >= 4 is 11.7 Å². The zero-order chi connectivity index (χ0) is 18.9. The van der Waals surface area contributed by atoms with Crippen LogP contribution in [0.2, 0.25) is 0 Å². The van der Waals surface area contributed by atoms with Crippen LogP contribution in [0.5, 0.6) is 0 Å². The molecule has 0 aliphatic rings. The largest absolute Gasteiger partial charge is 0.367 e. The number of nitrogens with zero attached hydrogens (tertiary/aromatic N) is 4. The summed E-state index contributed by atoms with van der Waals surface area (Å²) in [6.07, 6.45) is 1.84. The minimum Gasteiger partial charge on any atom is -0.367 e. The quantitative estimate of drug-likeness (QED) is 0.560. The molecule has 3 rings (SSSR count). The average Bonchev–Trinajstić information content (AvgIpc) is 3.13. The van der Waals surface area contributed by atoms with Gasteiger partial charge in [-0.25, -0.2) is 4.68 Å². The number of ether oxygens (including phenoxy) is 1. The Bertz CT molecular complexity index is 848. The van der Waals surface area contributed by atoms with Gasteiger partial charge in [0.25, 0.3) is 0 Å². The van der Waals surface area contributed by atoms with Crippen LogP contribution >= 0.6 is 0 Å². The number of hydrogen-bond donors (Lipinski definition) is 2. The number of hydrogen-bond acceptors (Lipinski definition) is 6. The fourth-order valence-corrected chi connectivity index (χ4v) is 2.36. The van der Waals surface area contributed by atoms with Gasteiger partial charge >= 0.3 is 0 Å². The monoisotopic (exact) mass is 366 g/mol. The first-order chi connectivity index (χ1) is 13.2. The van der Waals surface area contributed by atoms with Gasteiger partial charge in [0, 0.05) is 19.3 Å². The molecule has 2 N–H and O–H groups in total. The van der Waals surface area contributed by atoms with E-state index in [0.717, 1.165) is 11.3 Å². The average molecular weight is 366 g/mol. The molecule has 0 saturated heterocycles. The van der Waals surface area contributed by atoms with Crippen molar-refractivity contribution in [2.24, 2.45) is 0 Å². The zero-order valence-corrected chi connectivity index (χ0v) is 15.1. The van der Waals surface area contributed by atoms with Gasteiger partial charge in [-0.2, -0.15) is 5.10 Å². The van der Waals surface area contributed by atoms with E-state index in [2.05, 4.69) is 25.9 Å². The lowest BCUT2D eigenvalue weighted by molar-refractivity contribution is -0.126. The van der Waals surface area contributed by atoms with Crippen LogP contribution in [0.25, 0.3) is 5.82 Å². The Hall–Kier alpha value is -3.26. The Morgan fingerprint density at radius 3 is 2.63 bits per heavy atom. The standard InChI is InChI=1S/C19H22N6O2/c1-15-9-12-25(24-15)18-8-7-17(22-23-18)20-10-11-21-19(26)14-27-13-16-5-3-2-4-6-16/h2-9,12H,10-11,13-14H2,1H3,(H,20,22)(H,21,26). The molecule has 0 aliphatic heterocycles. The summed E-state index contributed by atoms with van der Waals surface area (Å²) in [5.74, 6) is 1.14. The van der Waals surface area contributed by atoms with Crippen molar-refractivity contribution in [1.82, 2.24) is 25.3 Å². The van der Waals surface area contributed by atoms with E-state index in [1.165, 1.54) is 0 Å². The lowest BCUT2D eigenvalue weighted by Crippen LogP contribution is -2.31. The second kappa shape index (κ2) is 9.44. The maximum absolute atomic E-state index is 11.7. The number of amides is 1. The number of carbonyl (C=O) groups excluding carboxylic acids is 1. The number of carbonyl (C=O) groups is 1. The normalized spacial score (nSPS) is 10.6. The highest BCUT2D eigenvalue weighted by Gasteiger charge is 2.03. The van der Waals surface area contributed by atoms with E-state index in [1.54, 1.807) is 4.68 Å². The lowest BCUT2D eigenvalue weighted by Gasteiger charge is -2.08. The van der Waals surface area contributed by atoms with Gasteiger partial charge in [-0.15, -0.1) is 10.2 Å². The maximum Gasteiger partial charge on any atom is 0.246 e. The van der Waals surface area contributed by atoms with Gasteiger partial charge in [0.2, 0.25) is 5.91 Å². The molecule has 0 unspecified atom stereocenters. The van der Waals surface area contributed by atoms with Crippen molar-refractivity contribution in [2.75, 3.05) is 25.0 Å². The minimum absolute atomic E-state index is 0.0344. The van der Waals surface area contributed by atoms with Crippen LogP contribution in [0.4, 0.5) is 5.82 Å². The van der Waals surface area contributed by atoms with E-state index < -0.39 is 0 Å². The van der Waals surface area contributed by atoms with Crippen LogP contribution in [0, 0.1) is 6.92 Å². The van der Waals surface area contributed by atoms with Gasteiger partial charge < -0.3 is 15.4 Å². The molecule has 1 aromatic carbocycles. The Morgan fingerprint density at radius 1 is 1.07 bits per heavy atom. The number of anilines is 1. The van der Waals surface area contributed by atoms with Crippen LogP contribution in [0.15, 0.2) is 54.7 Å². The van der Waals surface area contributed by atoms with E-state index in [0.29, 0.717) is 31.3 Å². The predicted molar refractivity (Wildman–Crippen MR) is 101 cm³/mol. The first-order valence-electron chi connectivity index (χ1n) is 8.69. The fourth-order valence-electron chi connectivity index (χ4n) is 2.36. The maximum atomic E-state index is 11.7. The van der Waals surface area contributed by atoms with E-state index in [9.17, 15) is 4.79 Å². The molecular formula is C19H22N6O2. The molecule has 2 heterocycles. The predicted octanol–water partition coefficient (Wildman–Crippen LogP) is 1.72. The Morgan fingerprint density at radius 2 is 1.93 bits per heavy atom. The van der Waals surface area contributed by atoms with Crippen molar-refractivity contribution in [2.45, 2.75) is 13.5 Å². The van der Waals surface area contributed by atoms with Crippen molar-refractivity contribution in [3.05, 3.63) is 66.0 Å². The summed E-state index contributed by atoms with van der Waals surface area (Å²) < 4.78 is 7.06. The summed E-state index contributed by atoms with van der Waals surface area (Å²) in [5.41, 5.74) is 1.96. The minimum atomic E-state index is -0.150. The first-order valence-corrected chi connectivity index (χ1v) is 8.69. The van der Waals surface area contributed by atoms with Crippen molar-refractivity contribution in [3.63, 3.8) is 0 Å². The van der Waals surface area contributed by atoms with Gasteiger partial charge in [-0.05, 0) is 30.7 Å². The Labute approximate surface area is 157 Å². The van der Waals surface area contributed by atoms with Crippen LogP contribution in [-0.2, 0) is 16.1 Å². The van der Waals surface area contributed by atoms with Gasteiger partial charge in [0.05, 0.1) is 12.3 Å². The molecular weight excluding hydrogens is 344 g/mol. The molecule has 0 atom stereocenters. The van der Waals surface area contributed by atoms with Crippen molar-refractivity contribution in [1.29, 1.82) is 0 Å². The highest BCUT2D eigenvalue weighted by Crippen LogP contribution is 2.06. The summed E-state index contributed by atoms with van der Waals surface area (Å²) >= 11 is 0. The summed E-state index contributed by atoms with van der Waals surface area (Å²) in [4.78, 5) is 11.7. The number of benzene rings is 1. The zero-order valence-electron chi connectivity index (χ0n) is 15.1. The third kappa shape index (κ3) is 5.89. The Kier molecular flexibility index (Phi) is 6.48. The van der Waals surface area contributed by atoms with Crippen molar-refractivity contribution < 1.29 is 9.53 Å². The lowest BCUT2D eigenvalue weighted by atomic mass is 10.2. The topological polar surface area (TPSA) is 94.0 Å². The molecule has 0 aliphatic carbocycles. The molecule has 3 aromatic rings. The third-order valence-electron chi connectivity index (χ3n) is 3.71. The molecule has 8 nitrogen and oxygen atoms in total. The van der Waals surface area contributed by atoms with Crippen LogP contribution in [0.3, 0.4) is 0 Å². The summed E-state index contributed by atoms with van der Waals surface area (Å²) in [7, 11) is 0. The molecule has 0 saturated carbocycles. The van der Waals surface area contributed by atoms with E-state index in [4.69, 9.17) is 4.74 Å². The van der Waals surface area contributed by atoms with Gasteiger partial charge in [0.1, 0.15) is 12.4 Å². The van der Waals surface area contributed by atoms with Gasteiger partial charge in [-0.1, -0.05) is 30.3 Å². The van der Waals surface area contributed by atoms with Crippen LogP contribution in [0.1, 0.15) is 11.3 Å². The molecule has 0 fully saturated rings. The molecule has 1 amide bonds. The number of aromatic nitrogens is 4. The highest BCUT2D eigenvalue weighted by atomic mass is 16.5. The van der Waals surface area contributed by atoms with E-state index >= 15 is 0 Å². The number of nitrogens with one attached hydrogen (secondary N) is 2. The molecule has 140 valence electrons. The highest BCUT2D eigenvalue weighted by molar-refractivity contribution is 5.77. The molecule has 0 spiro atoms. The number of rotatable bonds is 9. The Balaban J connectivity index is 1.32. The molecule has 0 radical (unpaired) electrons. The molecule has 0 bridgehead atoms.